The number of hydrogen-bond donors (Lipinski definition) is 0. The maximum atomic E-state index is 5.91. The van der Waals surface area contributed by atoms with E-state index in [2.05, 4.69) is 36.4 Å². The molecule has 0 radical (unpaired) electrons. The van der Waals surface area contributed by atoms with Crippen molar-refractivity contribution in [2.45, 2.75) is 11.8 Å². The highest BCUT2D eigenvalue weighted by Gasteiger charge is 1.96. The van der Waals surface area contributed by atoms with Crippen molar-refractivity contribution in [1.82, 2.24) is 0 Å². The highest BCUT2D eigenvalue weighted by molar-refractivity contribution is 6.30. The van der Waals surface area contributed by atoms with E-state index in [0.29, 0.717) is 11.8 Å². The Morgan fingerprint density at radius 2 is 0.763 bits per heavy atom. The normalized spacial score (nSPS) is 11.5. The van der Waals surface area contributed by atoms with Crippen LogP contribution in [0, 0.1) is 0 Å². The number of benzene rings is 4. The summed E-state index contributed by atoms with van der Waals surface area (Å²) in [5.41, 5.74) is 6.82. The Morgan fingerprint density at radius 3 is 1.13 bits per heavy atom. The fraction of sp³-hybridized carbons (Fsp3) is 0.0588. The topological polar surface area (TPSA) is 0 Å². The van der Waals surface area contributed by atoms with Gasteiger partial charge < -0.3 is 0 Å². The third-order valence-electron chi connectivity index (χ3n) is 5.49. The molecule has 4 aromatic carbocycles. The van der Waals surface area contributed by atoms with Crippen molar-refractivity contribution in [3.63, 3.8) is 0 Å². The van der Waals surface area contributed by atoms with Crippen LogP contribution in [0.5, 0.6) is 0 Å². The van der Waals surface area contributed by atoms with Crippen LogP contribution in [0.4, 0.5) is 0 Å². The molecule has 0 saturated carbocycles. The first-order valence-electron chi connectivity index (χ1n) is 12.1. The molecule has 0 unspecified atom stereocenters. The fourth-order valence-electron chi connectivity index (χ4n) is 3.43. The highest BCUT2D eigenvalue weighted by atomic mass is 35.5. The van der Waals surface area contributed by atoms with Crippen LogP contribution in [-0.4, -0.2) is 0 Å². The molecule has 4 rings (SSSR count). The molecule has 0 spiro atoms. The second kappa shape index (κ2) is 16.8. The first-order chi connectivity index (χ1) is 18.6. The summed E-state index contributed by atoms with van der Waals surface area (Å²) in [6.45, 7) is 0. The smallest absolute Gasteiger partial charge is 0.0477 e. The second-order valence-electron chi connectivity index (χ2n) is 8.20. The number of allylic oxidation sites excluding steroid dienone is 4. The van der Waals surface area contributed by atoms with Gasteiger partial charge in [0.05, 0.1) is 0 Å². The molecule has 192 valence electrons. The summed E-state index contributed by atoms with van der Waals surface area (Å²) in [5, 5.41) is 1.50. The minimum Gasteiger partial charge on any atom is -0.122 e. The van der Waals surface area contributed by atoms with Gasteiger partial charge in [0.15, 0.2) is 0 Å². The minimum absolute atomic E-state index is 0.545. The molecule has 0 N–H and O–H groups in total. The van der Waals surface area contributed by atoms with Crippen molar-refractivity contribution in [3.8, 4) is 0 Å². The van der Waals surface area contributed by atoms with E-state index < -0.39 is 0 Å². The van der Waals surface area contributed by atoms with Crippen LogP contribution < -0.4 is 0 Å². The number of alkyl halides is 2. The van der Waals surface area contributed by atoms with Gasteiger partial charge in [-0.15, -0.1) is 23.2 Å². The van der Waals surface area contributed by atoms with Crippen molar-refractivity contribution < 1.29 is 0 Å². The molecule has 4 heteroatoms. The lowest BCUT2D eigenvalue weighted by atomic mass is 10.1. The van der Waals surface area contributed by atoms with Crippen LogP contribution >= 0.6 is 46.4 Å². The zero-order valence-corrected chi connectivity index (χ0v) is 23.8. The zero-order chi connectivity index (χ0) is 27.0. The predicted octanol–water partition coefficient (Wildman–Crippen LogP) is 11.6. The summed E-state index contributed by atoms with van der Waals surface area (Å²) in [7, 11) is 0. The summed E-state index contributed by atoms with van der Waals surface area (Å²) in [4.78, 5) is 0. The van der Waals surface area contributed by atoms with Crippen LogP contribution in [0.15, 0.2) is 121 Å². The Hall–Kier alpha value is -3.00. The maximum absolute atomic E-state index is 5.91. The summed E-state index contributed by atoms with van der Waals surface area (Å²) in [6, 6.07) is 31.8. The molecule has 0 saturated heterocycles. The Labute approximate surface area is 246 Å². The Morgan fingerprint density at radius 1 is 0.421 bits per heavy atom. The molecule has 0 atom stereocenters. The van der Waals surface area contributed by atoms with Crippen LogP contribution in [0.25, 0.3) is 24.3 Å². The van der Waals surface area contributed by atoms with Gasteiger partial charge in [0.25, 0.3) is 0 Å². The van der Waals surface area contributed by atoms with Gasteiger partial charge in [-0.1, -0.05) is 145 Å². The van der Waals surface area contributed by atoms with Gasteiger partial charge in [-0.25, -0.2) is 0 Å². The van der Waals surface area contributed by atoms with Gasteiger partial charge in [-0.3, -0.25) is 0 Å². The Balaban J connectivity index is 0.000000336. The van der Waals surface area contributed by atoms with E-state index in [4.69, 9.17) is 46.4 Å². The lowest BCUT2D eigenvalue weighted by Gasteiger charge is -2.00. The monoisotopic (exact) mass is 576 g/mol. The molecule has 0 aliphatic carbocycles. The minimum atomic E-state index is 0.545. The van der Waals surface area contributed by atoms with Crippen molar-refractivity contribution in [3.05, 3.63) is 165 Å². The van der Waals surface area contributed by atoms with Gasteiger partial charge in [0, 0.05) is 21.8 Å². The number of rotatable bonds is 8. The van der Waals surface area contributed by atoms with E-state index in [-0.39, 0.29) is 0 Å². The standard InChI is InChI=1S/C26H20Cl2.C8H8Cl2/c27-25-17-13-21(14-18-25)7-1-3-9-23-11-5-6-12-24(23)10-4-2-8-22-15-19-26(28)20-16-22;9-5-7-3-1-2-4-8(7)6-10/h1-20H;1-4H,5-6H2/b7-1+,8-2+,9-3+,10-4+;. The molecule has 0 amide bonds. The van der Waals surface area contributed by atoms with Crippen LogP contribution in [0.3, 0.4) is 0 Å². The van der Waals surface area contributed by atoms with Crippen molar-refractivity contribution in [2.75, 3.05) is 0 Å². The zero-order valence-electron chi connectivity index (χ0n) is 20.8. The lowest BCUT2D eigenvalue weighted by Crippen LogP contribution is -1.85. The molecular weight excluding hydrogens is 550 g/mol. The van der Waals surface area contributed by atoms with Gasteiger partial charge in [0.1, 0.15) is 0 Å². The highest BCUT2D eigenvalue weighted by Crippen LogP contribution is 2.15. The van der Waals surface area contributed by atoms with E-state index in [1.165, 1.54) is 11.1 Å². The van der Waals surface area contributed by atoms with E-state index in [0.717, 1.165) is 32.3 Å². The summed E-state index contributed by atoms with van der Waals surface area (Å²) in [6.07, 6.45) is 16.5. The third kappa shape index (κ3) is 10.4. The van der Waals surface area contributed by atoms with E-state index in [1.807, 2.05) is 109 Å². The molecule has 38 heavy (non-hydrogen) atoms. The van der Waals surface area contributed by atoms with Gasteiger partial charge in [-0.2, -0.15) is 0 Å². The SMILES string of the molecule is ClCc1ccccc1CCl.Clc1ccc(/C=C/C=C/c2ccccc2/C=C/C=C/c2ccc(Cl)cc2)cc1. The van der Waals surface area contributed by atoms with Crippen molar-refractivity contribution in [1.29, 1.82) is 0 Å². The van der Waals surface area contributed by atoms with E-state index in [9.17, 15) is 0 Å². The molecule has 0 aliphatic rings. The molecule has 0 heterocycles. The van der Waals surface area contributed by atoms with Gasteiger partial charge in [-0.05, 0) is 57.6 Å². The lowest BCUT2D eigenvalue weighted by molar-refractivity contribution is 1.27. The molecule has 0 aromatic heterocycles. The maximum Gasteiger partial charge on any atom is 0.0477 e. The van der Waals surface area contributed by atoms with Gasteiger partial charge in [0.2, 0.25) is 0 Å². The molecular formula is C34H28Cl4. The predicted molar refractivity (Wildman–Crippen MR) is 171 cm³/mol. The molecule has 0 fully saturated rings. The van der Waals surface area contributed by atoms with E-state index in [1.54, 1.807) is 0 Å². The molecule has 0 bridgehead atoms. The largest absolute Gasteiger partial charge is 0.122 e. The number of hydrogen-bond acceptors (Lipinski definition) is 0. The second-order valence-corrected chi connectivity index (χ2v) is 9.61. The molecule has 4 aromatic rings. The fourth-order valence-corrected chi connectivity index (χ4v) is 4.21. The average molecular weight is 578 g/mol. The van der Waals surface area contributed by atoms with Crippen LogP contribution in [0.1, 0.15) is 33.4 Å². The summed E-state index contributed by atoms with van der Waals surface area (Å²) in [5.74, 6) is 1.09. The Bertz CT molecular complexity index is 1270. The molecule has 0 aliphatic heterocycles. The molecule has 0 nitrogen and oxygen atoms in total. The Kier molecular flexibility index (Phi) is 13.0. The summed E-state index contributed by atoms with van der Waals surface area (Å²) >= 11 is 23.1. The van der Waals surface area contributed by atoms with Crippen LogP contribution in [0.2, 0.25) is 10.0 Å². The third-order valence-corrected chi connectivity index (χ3v) is 6.57. The van der Waals surface area contributed by atoms with Gasteiger partial charge >= 0.3 is 0 Å². The average Bonchev–Trinajstić information content (AvgIpc) is 2.96. The first-order valence-corrected chi connectivity index (χ1v) is 13.9. The first kappa shape index (κ1) is 29.6. The van der Waals surface area contributed by atoms with Crippen molar-refractivity contribution in [2.24, 2.45) is 0 Å². The number of halogens is 4. The van der Waals surface area contributed by atoms with E-state index >= 15 is 0 Å². The summed E-state index contributed by atoms with van der Waals surface area (Å²) < 4.78 is 0. The quantitative estimate of drug-likeness (QED) is 0.144. The van der Waals surface area contributed by atoms with Crippen molar-refractivity contribution >= 4 is 70.7 Å². The van der Waals surface area contributed by atoms with Crippen LogP contribution in [-0.2, 0) is 11.8 Å².